The second kappa shape index (κ2) is 19.0. The SMILES string of the molecule is CC[C@H]1OC(=O)[C@@](C)(F)C(=O)[C@H](C)[C@@H](O[C@@H]2O[C@H](C)C[C@H](N(C)C)[C@H]2O)[C@@]2(C)C[C@@H](C)C(=NC(C)=O)[C@H](C)[C@@H](OC/C(=N\OCc3ccc(C(N)=O)s3)CO2)[C@]1(C)O. The van der Waals surface area contributed by atoms with Crippen LogP contribution in [-0.4, -0.2) is 137 Å². The van der Waals surface area contributed by atoms with Gasteiger partial charge in [0.15, 0.2) is 18.7 Å². The smallest absolute Gasteiger partial charge is 0.351 e. The van der Waals surface area contributed by atoms with Crippen molar-refractivity contribution in [2.45, 2.75) is 148 Å². The highest BCUT2D eigenvalue weighted by Crippen LogP contribution is 2.41. The maximum absolute atomic E-state index is 16.8. The Morgan fingerprint density at radius 3 is 2.36 bits per heavy atom. The summed E-state index contributed by atoms with van der Waals surface area (Å²) < 4.78 is 48.5. The summed E-state index contributed by atoms with van der Waals surface area (Å²) in [5.41, 5.74) is -0.979. The van der Waals surface area contributed by atoms with Gasteiger partial charge >= 0.3 is 5.97 Å². The molecular formula is C40H61FN4O12S. The maximum atomic E-state index is 16.8. The fraction of sp³-hybridized carbons (Fsp3) is 0.750. The van der Waals surface area contributed by atoms with Gasteiger partial charge in [-0.1, -0.05) is 32.9 Å². The molecule has 0 aromatic carbocycles. The standard InChI is InChI=1S/C40H61FN4O12S/c1-12-29-40(9,51)34-22(4)30(43-24(6)46)20(2)16-38(7,53-18-25(17-52-34)44-54-19-26-13-14-28(58-26)35(42)49)33(23(5)32(48)39(8,41)37(50)56-29)57-36-31(47)27(45(10)11)15-21(3)55-36/h13-14,20-23,27,29,31,33-34,36,47,51H,12,15-19H2,1-11H3,(H2,42,49)/b43-30?,44-25+/t20-,21-,22+,23+,27+,29-,31-,33-,34-,36+,38-,39+,40-/m1/s1. The number of amides is 2. The predicted octanol–water partition coefficient (Wildman–Crippen LogP) is 3.37. The zero-order valence-corrected chi connectivity index (χ0v) is 36.2. The minimum atomic E-state index is -3.23. The number of nitrogens with two attached hydrogens (primary N) is 1. The van der Waals surface area contributed by atoms with Crippen LogP contribution in [0.4, 0.5) is 4.39 Å². The van der Waals surface area contributed by atoms with Gasteiger partial charge < -0.3 is 49.4 Å². The summed E-state index contributed by atoms with van der Waals surface area (Å²) in [5, 5.41) is 28.2. The number of nitrogens with zero attached hydrogens (tertiary/aromatic N) is 3. The number of primary amides is 1. The van der Waals surface area contributed by atoms with Crippen molar-refractivity contribution in [1.82, 2.24) is 4.90 Å². The normalized spacial score (nSPS) is 39.8. The highest BCUT2D eigenvalue weighted by atomic mass is 32.1. The number of oxime groups is 1. The molecule has 3 aliphatic rings. The second-order valence-corrected chi connectivity index (χ2v) is 17.8. The van der Waals surface area contributed by atoms with E-state index in [1.807, 2.05) is 11.8 Å². The van der Waals surface area contributed by atoms with Gasteiger partial charge in [0, 0.05) is 35.4 Å². The highest BCUT2D eigenvalue weighted by molar-refractivity contribution is 7.14. The van der Waals surface area contributed by atoms with E-state index in [2.05, 4.69) is 10.1 Å². The van der Waals surface area contributed by atoms with Crippen molar-refractivity contribution in [3.8, 4) is 0 Å². The summed E-state index contributed by atoms with van der Waals surface area (Å²) in [7, 11) is 3.61. The number of aliphatic hydroxyl groups is 2. The summed E-state index contributed by atoms with van der Waals surface area (Å²) >= 11 is 1.13. The number of rotatable bonds is 8. The Kier molecular flexibility index (Phi) is 15.5. The highest BCUT2D eigenvalue weighted by Gasteiger charge is 2.56. The quantitative estimate of drug-likeness (QED) is 0.195. The van der Waals surface area contributed by atoms with Crippen LogP contribution in [0.2, 0.25) is 0 Å². The molecule has 0 aliphatic carbocycles. The minimum Gasteiger partial charge on any atom is -0.457 e. The number of Topliss-reactive ketones (excluding diaryl/α,β-unsaturated/α-hetero) is 1. The topological polar surface area (TPSA) is 218 Å². The van der Waals surface area contributed by atoms with Gasteiger partial charge in [-0.2, -0.15) is 0 Å². The van der Waals surface area contributed by atoms with Crippen LogP contribution in [0.25, 0.3) is 0 Å². The molecule has 1 aromatic heterocycles. The van der Waals surface area contributed by atoms with E-state index in [1.165, 1.54) is 20.8 Å². The van der Waals surface area contributed by atoms with E-state index >= 15 is 4.39 Å². The average Bonchev–Trinajstić information content (AvgIpc) is 3.62. The van der Waals surface area contributed by atoms with Gasteiger partial charge in [0.2, 0.25) is 5.91 Å². The van der Waals surface area contributed by atoms with Crippen molar-refractivity contribution >= 4 is 46.3 Å². The van der Waals surface area contributed by atoms with Gasteiger partial charge in [0.1, 0.15) is 23.5 Å². The number of aliphatic hydroxyl groups excluding tert-OH is 1. The van der Waals surface area contributed by atoms with Crippen molar-refractivity contribution in [2.24, 2.45) is 33.6 Å². The lowest BCUT2D eigenvalue weighted by Crippen LogP contribution is -2.61. The maximum Gasteiger partial charge on any atom is 0.351 e. The molecule has 326 valence electrons. The zero-order valence-electron chi connectivity index (χ0n) is 35.4. The average molecular weight is 841 g/mol. The number of thiophene rings is 1. The Morgan fingerprint density at radius 2 is 1.78 bits per heavy atom. The summed E-state index contributed by atoms with van der Waals surface area (Å²) in [4.78, 5) is 65.6. The number of cyclic esters (lactones) is 1. The first-order valence-corrected chi connectivity index (χ1v) is 20.5. The van der Waals surface area contributed by atoms with E-state index in [9.17, 15) is 29.4 Å². The first-order chi connectivity index (χ1) is 26.9. The Bertz CT molecular complexity index is 1720. The number of fused-ring (bicyclic) bond motifs is 5. The van der Waals surface area contributed by atoms with E-state index in [1.54, 1.807) is 53.9 Å². The second-order valence-electron chi connectivity index (χ2n) is 16.7. The molecule has 4 N–H and O–H groups in total. The van der Waals surface area contributed by atoms with Gasteiger partial charge in [0.05, 0.1) is 42.0 Å². The van der Waals surface area contributed by atoms with E-state index in [4.69, 9.17) is 34.3 Å². The summed E-state index contributed by atoms with van der Waals surface area (Å²) in [6.07, 6.45) is -6.60. The van der Waals surface area contributed by atoms with Gasteiger partial charge in [-0.15, -0.1) is 11.3 Å². The lowest BCUT2D eigenvalue weighted by Gasteiger charge is -2.47. The fourth-order valence-corrected chi connectivity index (χ4v) is 9.15. The van der Waals surface area contributed by atoms with Crippen LogP contribution >= 0.6 is 11.3 Å². The van der Waals surface area contributed by atoms with Gasteiger partial charge in [-0.05, 0) is 79.1 Å². The molecule has 4 heterocycles. The first-order valence-electron chi connectivity index (χ1n) is 19.7. The third kappa shape index (κ3) is 10.6. The molecule has 4 rings (SSSR count). The van der Waals surface area contributed by atoms with E-state index in [0.717, 1.165) is 18.3 Å². The molecule has 3 fully saturated rings. The third-order valence-electron chi connectivity index (χ3n) is 11.4. The molecule has 18 heteroatoms. The molecule has 0 spiro atoms. The van der Waals surface area contributed by atoms with Crippen molar-refractivity contribution in [1.29, 1.82) is 0 Å². The zero-order chi connectivity index (χ0) is 43.5. The third-order valence-corrected chi connectivity index (χ3v) is 12.5. The van der Waals surface area contributed by atoms with E-state index in [-0.39, 0.29) is 38.4 Å². The number of carbonyl (C=O) groups is 4. The van der Waals surface area contributed by atoms with E-state index in [0.29, 0.717) is 21.9 Å². The number of esters is 1. The van der Waals surface area contributed by atoms with Crippen LogP contribution in [-0.2, 0) is 49.5 Å². The molecule has 2 amide bonds. The summed E-state index contributed by atoms with van der Waals surface area (Å²) in [6.45, 7) is 12.8. The molecule has 16 nitrogen and oxygen atoms in total. The number of ketones is 1. The molecule has 0 radical (unpaired) electrons. The van der Waals surface area contributed by atoms with E-state index < -0.39 is 101 Å². The van der Waals surface area contributed by atoms with Crippen LogP contribution in [0.1, 0.15) is 96.1 Å². The number of hydrogen-bond donors (Lipinski definition) is 3. The lowest BCUT2D eigenvalue weighted by atomic mass is 9.73. The largest absolute Gasteiger partial charge is 0.457 e. The van der Waals surface area contributed by atoms with Crippen LogP contribution in [0.5, 0.6) is 0 Å². The number of aliphatic imine (C=N–C) groups is 1. The van der Waals surface area contributed by atoms with Crippen LogP contribution in [0, 0.1) is 17.8 Å². The number of alkyl halides is 1. The van der Waals surface area contributed by atoms with Crippen molar-refractivity contribution < 1.29 is 62.3 Å². The number of ether oxygens (including phenoxy) is 5. The lowest BCUT2D eigenvalue weighted by molar-refractivity contribution is -0.296. The van der Waals surface area contributed by atoms with Crippen molar-refractivity contribution in [2.75, 3.05) is 27.3 Å². The molecule has 0 saturated carbocycles. The molecule has 2 bridgehead atoms. The molecular weight excluding hydrogens is 780 g/mol. The van der Waals surface area contributed by atoms with Crippen molar-refractivity contribution in [3.63, 3.8) is 0 Å². The Morgan fingerprint density at radius 1 is 1.10 bits per heavy atom. The predicted molar refractivity (Wildman–Crippen MR) is 212 cm³/mol. The molecule has 0 unspecified atom stereocenters. The summed E-state index contributed by atoms with van der Waals surface area (Å²) in [5.74, 6) is -6.77. The Balaban J connectivity index is 1.96. The Labute approximate surface area is 343 Å². The molecule has 3 saturated heterocycles. The number of halogens is 1. The number of hydrogen-bond acceptors (Lipinski definition) is 15. The Hall–Kier alpha value is -3.23. The van der Waals surface area contributed by atoms with Gasteiger partial charge in [0.25, 0.3) is 11.6 Å². The molecule has 3 aliphatic heterocycles. The van der Waals surface area contributed by atoms with Gasteiger partial charge in [-0.3, -0.25) is 14.4 Å². The number of likely N-dealkylation sites (N-methyl/N-ethyl adjacent to an activating group) is 1. The van der Waals surface area contributed by atoms with Crippen LogP contribution < -0.4 is 5.73 Å². The monoisotopic (exact) mass is 840 g/mol. The molecule has 1 aromatic rings. The molecule has 13 atom stereocenters. The number of carbonyl (C=O) groups excluding carboxylic acids is 4. The van der Waals surface area contributed by atoms with Gasteiger partial charge in [-0.25, -0.2) is 14.2 Å². The minimum absolute atomic E-state index is 0.0139. The summed E-state index contributed by atoms with van der Waals surface area (Å²) in [6, 6.07) is 2.83. The molecule has 58 heavy (non-hydrogen) atoms. The van der Waals surface area contributed by atoms with Crippen molar-refractivity contribution in [3.05, 3.63) is 21.9 Å². The van der Waals surface area contributed by atoms with Crippen LogP contribution in [0.15, 0.2) is 22.3 Å². The first kappa shape index (κ1) is 47.4. The van der Waals surface area contributed by atoms with Crippen LogP contribution in [0.3, 0.4) is 0 Å². The fourth-order valence-electron chi connectivity index (χ4n) is 8.38.